The van der Waals surface area contributed by atoms with Gasteiger partial charge in [0.2, 0.25) is 5.75 Å². The smallest absolute Gasteiger partial charge is 0.268 e. The fourth-order valence-electron chi connectivity index (χ4n) is 1.86. The summed E-state index contributed by atoms with van der Waals surface area (Å²) in [7, 11) is 1.62. The Balaban J connectivity index is 1.93. The summed E-state index contributed by atoms with van der Waals surface area (Å²) < 4.78 is 16.7. The Bertz CT molecular complexity index is 522. The highest BCUT2D eigenvalue weighted by Crippen LogP contribution is 2.46. The van der Waals surface area contributed by atoms with Gasteiger partial charge in [-0.2, -0.15) is 0 Å². The molecule has 0 aliphatic carbocycles. The Morgan fingerprint density at radius 1 is 0.941 bits per heavy atom. The third-order valence-electron chi connectivity index (χ3n) is 2.69. The maximum atomic E-state index is 5.77. The van der Waals surface area contributed by atoms with Crippen LogP contribution in [0.15, 0.2) is 48.5 Å². The van der Waals surface area contributed by atoms with Gasteiger partial charge in [0.05, 0.1) is 7.11 Å². The van der Waals surface area contributed by atoms with Crippen LogP contribution in [0.25, 0.3) is 0 Å². The van der Waals surface area contributed by atoms with Crippen molar-refractivity contribution in [1.29, 1.82) is 0 Å². The Kier molecular flexibility index (Phi) is 2.37. The second kappa shape index (κ2) is 4.01. The first-order valence-corrected chi connectivity index (χ1v) is 5.44. The zero-order valence-electron chi connectivity index (χ0n) is 9.42. The van der Waals surface area contributed by atoms with E-state index >= 15 is 0 Å². The van der Waals surface area contributed by atoms with Crippen LogP contribution in [0, 0.1) is 0 Å². The van der Waals surface area contributed by atoms with Gasteiger partial charge in [-0.3, -0.25) is 0 Å². The predicted molar refractivity (Wildman–Crippen MR) is 63.4 cm³/mol. The van der Waals surface area contributed by atoms with Crippen LogP contribution in [0.2, 0.25) is 0 Å². The standard InChI is InChI=1S/C14H12O3/c1-15-11-8-5-9-12-13(11)17-14(16-12)10-6-3-2-4-7-10/h2-9,14H,1H3. The van der Waals surface area contributed by atoms with E-state index in [1.807, 2.05) is 48.5 Å². The van der Waals surface area contributed by atoms with E-state index < -0.39 is 0 Å². The molecule has 1 aliphatic heterocycles. The van der Waals surface area contributed by atoms with Gasteiger partial charge >= 0.3 is 0 Å². The van der Waals surface area contributed by atoms with Crippen molar-refractivity contribution in [2.75, 3.05) is 7.11 Å². The summed E-state index contributed by atoms with van der Waals surface area (Å²) in [6.45, 7) is 0. The number of methoxy groups -OCH3 is 1. The molecule has 0 aromatic heterocycles. The summed E-state index contributed by atoms with van der Waals surface area (Å²) in [4.78, 5) is 0. The summed E-state index contributed by atoms with van der Waals surface area (Å²) >= 11 is 0. The average Bonchev–Trinajstić information content (AvgIpc) is 2.83. The van der Waals surface area contributed by atoms with E-state index in [-0.39, 0.29) is 6.29 Å². The third kappa shape index (κ3) is 1.69. The van der Waals surface area contributed by atoms with Gasteiger partial charge in [-0.25, -0.2) is 0 Å². The van der Waals surface area contributed by atoms with Gasteiger partial charge in [0.15, 0.2) is 11.5 Å². The van der Waals surface area contributed by atoms with Gasteiger partial charge in [0.1, 0.15) is 0 Å². The molecule has 2 aromatic rings. The molecule has 3 heteroatoms. The zero-order chi connectivity index (χ0) is 11.7. The second-order valence-electron chi connectivity index (χ2n) is 3.77. The third-order valence-corrected chi connectivity index (χ3v) is 2.69. The van der Waals surface area contributed by atoms with Crippen molar-refractivity contribution < 1.29 is 14.2 Å². The molecule has 0 saturated heterocycles. The van der Waals surface area contributed by atoms with Crippen molar-refractivity contribution in [3.63, 3.8) is 0 Å². The molecule has 0 N–H and O–H groups in total. The zero-order valence-corrected chi connectivity index (χ0v) is 9.42. The van der Waals surface area contributed by atoms with E-state index in [1.165, 1.54) is 0 Å². The number of fused-ring (bicyclic) bond motifs is 1. The van der Waals surface area contributed by atoms with Crippen LogP contribution in [0.3, 0.4) is 0 Å². The molecule has 0 fully saturated rings. The van der Waals surface area contributed by atoms with Crippen LogP contribution in [-0.2, 0) is 0 Å². The summed E-state index contributed by atoms with van der Waals surface area (Å²) in [6, 6.07) is 15.5. The summed E-state index contributed by atoms with van der Waals surface area (Å²) in [6.07, 6.45) is -0.387. The maximum Gasteiger partial charge on any atom is 0.268 e. The van der Waals surface area contributed by atoms with E-state index in [4.69, 9.17) is 14.2 Å². The fraction of sp³-hybridized carbons (Fsp3) is 0.143. The fourth-order valence-corrected chi connectivity index (χ4v) is 1.86. The van der Waals surface area contributed by atoms with Gasteiger partial charge in [-0.15, -0.1) is 0 Å². The normalized spacial score (nSPS) is 16.9. The minimum atomic E-state index is -0.387. The molecule has 1 unspecified atom stereocenters. The average molecular weight is 228 g/mol. The minimum absolute atomic E-state index is 0.387. The van der Waals surface area contributed by atoms with Crippen LogP contribution in [-0.4, -0.2) is 7.11 Å². The molecule has 17 heavy (non-hydrogen) atoms. The number of hydrogen-bond donors (Lipinski definition) is 0. The Hall–Kier alpha value is -2.16. The summed E-state index contributed by atoms with van der Waals surface area (Å²) in [5.41, 5.74) is 0.991. The second-order valence-corrected chi connectivity index (χ2v) is 3.77. The van der Waals surface area contributed by atoms with Gasteiger partial charge < -0.3 is 14.2 Å². The van der Waals surface area contributed by atoms with Crippen molar-refractivity contribution in [1.82, 2.24) is 0 Å². The topological polar surface area (TPSA) is 27.7 Å². The predicted octanol–water partition coefficient (Wildman–Crippen LogP) is 3.17. The van der Waals surface area contributed by atoms with Crippen molar-refractivity contribution in [2.24, 2.45) is 0 Å². The van der Waals surface area contributed by atoms with Crippen LogP contribution >= 0.6 is 0 Å². The Morgan fingerprint density at radius 3 is 2.53 bits per heavy atom. The molecule has 0 spiro atoms. The molecule has 2 aromatic carbocycles. The van der Waals surface area contributed by atoms with Crippen molar-refractivity contribution in [3.05, 3.63) is 54.1 Å². The first-order chi connectivity index (χ1) is 8.38. The van der Waals surface area contributed by atoms with E-state index in [9.17, 15) is 0 Å². The molecule has 3 rings (SSSR count). The molecule has 1 aliphatic rings. The molecule has 0 bridgehead atoms. The number of rotatable bonds is 2. The Morgan fingerprint density at radius 2 is 1.76 bits per heavy atom. The number of para-hydroxylation sites is 1. The SMILES string of the molecule is COc1cccc2c1OC(c1ccccc1)O2. The molecule has 3 nitrogen and oxygen atoms in total. The lowest BCUT2D eigenvalue weighted by molar-refractivity contribution is 0.0474. The monoisotopic (exact) mass is 228 g/mol. The molecule has 0 radical (unpaired) electrons. The van der Waals surface area contributed by atoms with Crippen LogP contribution in [0.1, 0.15) is 11.9 Å². The molecular formula is C14H12O3. The van der Waals surface area contributed by atoms with Crippen molar-refractivity contribution >= 4 is 0 Å². The quantitative estimate of drug-likeness (QED) is 0.790. The van der Waals surface area contributed by atoms with E-state index in [0.29, 0.717) is 11.5 Å². The molecule has 0 amide bonds. The highest BCUT2D eigenvalue weighted by molar-refractivity contribution is 5.53. The van der Waals surface area contributed by atoms with Gasteiger partial charge in [-0.1, -0.05) is 36.4 Å². The van der Waals surface area contributed by atoms with E-state index in [2.05, 4.69) is 0 Å². The van der Waals surface area contributed by atoms with Crippen LogP contribution < -0.4 is 14.2 Å². The first kappa shape index (κ1) is 10.0. The Labute approximate surface area is 99.6 Å². The first-order valence-electron chi connectivity index (χ1n) is 5.44. The largest absolute Gasteiger partial charge is 0.493 e. The molecular weight excluding hydrogens is 216 g/mol. The lowest BCUT2D eigenvalue weighted by atomic mass is 10.2. The molecule has 0 saturated carbocycles. The highest BCUT2D eigenvalue weighted by atomic mass is 16.7. The van der Waals surface area contributed by atoms with Crippen LogP contribution in [0.5, 0.6) is 17.2 Å². The summed E-state index contributed by atoms with van der Waals surface area (Å²) in [5.74, 6) is 2.09. The maximum absolute atomic E-state index is 5.77. The van der Waals surface area contributed by atoms with E-state index in [0.717, 1.165) is 11.3 Å². The minimum Gasteiger partial charge on any atom is -0.493 e. The number of benzene rings is 2. The lowest BCUT2D eigenvalue weighted by Crippen LogP contribution is -2.07. The highest BCUT2D eigenvalue weighted by Gasteiger charge is 2.28. The van der Waals surface area contributed by atoms with Gasteiger partial charge in [-0.05, 0) is 12.1 Å². The number of hydrogen-bond acceptors (Lipinski definition) is 3. The van der Waals surface area contributed by atoms with Crippen molar-refractivity contribution in [3.8, 4) is 17.2 Å². The lowest BCUT2D eigenvalue weighted by Gasteiger charge is -2.10. The van der Waals surface area contributed by atoms with Crippen molar-refractivity contribution in [2.45, 2.75) is 6.29 Å². The molecule has 1 atom stereocenters. The number of ether oxygens (including phenoxy) is 3. The van der Waals surface area contributed by atoms with Crippen LogP contribution in [0.4, 0.5) is 0 Å². The summed E-state index contributed by atoms with van der Waals surface area (Å²) in [5, 5.41) is 0. The van der Waals surface area contributed by atoms with Gasteiger partial charge in [0, 0.05) is 5.56 Å². The molecule has 1 heterocycles. The molecule has 86 valence electrons. The van der Waals surface area contributed by atoms with E-state index in [1.54, 1.807) is 7.11 Å². The van der Waals surface area contributed by atoms with Gasteiger partial charge in [0.25, 0.3) is 6.29 Å².